The summed E-state index contributed by atoms with van der Waals surface area (Å²) in [7, 11) is 1.54. The third kappa shape index (κ3) is 5.80. The first-order chi connectivity index (χ1) is 16.7. The van der Waals surface area contributed by atoms with Gasteiger partial charge in [0.2, 0.25) is 0 Å². The summed E-state index contributed by atoms with van der Waals surface area (Å²) >= 11 is 0. The number of pyridine rings is 1. The minimum Gasteiger partial charge on any atom is -0.495 e. The van der Waals surface area contributed by atoms with Gasteiger partial charge in [-0.05, 0) is 54.7 Å². The minimum atomic E-state index is -0.946. The molecule has 1 aromatic heterocycles. The van der Waals surface area contributed by atoms with Crippen molar-refractivity contribution < 1.29 is 23.8 Å². The number of carbonyl (C=O) groups is 2. The number of fused-ring (bicyclic) bond motifs is 3. The Morgan fingerprint density at radius 3 is 2.23 bits per heavy atom. The number of amides is 1. The first-order valence-electron chi connectivity index (χ1n) is 11.6. The molecule has 0 spiro atoms. The second kappa shape index (κ2) is 10.2. The molecule has 7 nitrogen and oxygen atoms in total. The van der Waals surface area contributed by atoms with E-state index in [-0.39, 0.29) is 18.9 Å². The van der Waals surface area contributed by atoms with Gasteiger partial charge in [-0.15, -0.1) is 0 Å². The van der Waals surface area contributed by atoms with E-state index in [1.807, 2.05) is 24.3 Å². The predicted molar refractivity (Wildman–Crippen MR) is 132 cm³/mol. The van der Waals surface area contributed by atoms with E-state index in [9.17, 15) is 9.59 Å². The second-order valence-corrected chi connectivity index (χ2v) is 9.49. The quantitative estimate of drug-likeness (QED) is 0.491. The smallest absolute Gasteiger partial charge is 0.407 e. The van der Waals surface area contributed by atoms with E-state index in [2.05, 4.69) is 34.6 Å². The van der Waals surface area contributed by atoms with Gasteiger partial charge in [0.05, 0.1) is 13.3 Å². The first kappa shape index (κ1) is 24.3. The number of benzene rings is 2. The predicted octanol–water partition coefficient (Wildman–Crippen LogP) is 4.88. The number of rotatable bonds is 7. The van der Waals surface area contributed by atoms with Crippen LogP contribution in [0.25, 0.3) is 11.1 Å². The Labute approximate surface area is 205 Å². The van der Waals surface area contributed by atoms with E-state index in [1.165, 1.54) is 0 Å². The maximum Gasteiger partial charge on any atom is 0.407 e. The van der Waals surface area contributed by atoms with Gasteiger partial charge in [0.25, 0.3) is 0 Å². The molecule has 2 aromatic carbocycles. The Bertz CT molecular complexity index is 1170. The fraction of sp³-hybridized carbons (Fsp3) is 0.321. The lowest BCUT2D eigenvalue weighted by Gasteiger charge is -2.25. The molecule has 0 radical (unpaired) electrons. The van der Waals surface area contributed by atoms with E-state index in [1.54, 1.807) is 46.3 Å². The Kier molecular flexibility index (Phi) is 7.05. The molecule has 1 heterocycles. The van der Waals surface area contributed by atoms with Crippen LogP contribution in [0, 0.1) is 0 Å². The number of carbonyl (C=O) groups excluding carboxylic acids is 2. The highest BCUT2D eigenvalue weighted by atomic mass is 16.6. The molecule has 0 aliphatic heterocycles. The average Bonchev–Trinajstić information content (AvgIpc) is 3.15. The fourth-order valence-corrected chi connectivity index (χ4v) is 4.27. The molecule has 0 bridgehead atoms. The number of ether oxygens (including phenoxy) is 3. The number of nitrogens with zero attached hydrogens (tertiary/aromatic N) is 1. The number of esters is 1. The molecule has 1 aliphatic rings. The van der Waals surface area contributed by atoms with E-state index in [0.717, 1.165) is 27.8 Å². The van der Waals surface area contributed by atoms with Crippen molar-refractivity contribution in [1.82, 2.24) is 10.3 Å². The summed E-state index contributed by atoms with van der Waals surface area (Å²) < 4.78 is 16.4. The van der Waals surface area contributed by atoms with Crippen LogP contribution in [0.2, 0.25) is 0 Å². The summed E-state index contributed by atoms with van der Waals surface area (Å²) in [5.74, 6) is -0.0592. The summed E-state index contributed by atoms with van der Waals surface area (Å²) in [6, 6.07) is 17.1. The monoisotopic (exact) mass is 474 g/mol. The number of hydrogen-bond acceptors (Lipinski definition) is 6. The third-order valence-electron chi connectivity index (χ3n) is 5.77. The Balaban J connectivity index is 1.47. The second-order valence-electron chi connectivity index (χ2n) is 9.49. The Morgan fingerprint density at radius 2 is 1.63 bits per heavy atom. The number of alkyl carbamates (subject to hydrolysis) is 1. The number of hydrogen-bond donors (Lipinski definition) is 1. The summed E-state index contributed by atoms with van der Waals surface area (Å²) in [5.41, 5.74) is 4.55. The zero-order valence-electron chi connectivity index (χ0n) is 20.4. The van der Waals surface area contributed by atoms with Crippen LogP contribution in [0.1, 0.15) is 43.4 Å². The van der Waals surface area contributed by atoms with Crippen molar-refractivity contribution >= 4 is 12.1 Å². The van der Waals surface area contributed by atoms with Crippen LogP contribution in [0.15, 0.2) is 67.0 Å². The van der Waals surface area contributed by atoms with Gasteiger partial charge in [0.1, 0.15) is 24.0 Å². The van der Waals surface area contributed by atoms with Crippen molar-refractivity contribution in [2.24, 2.45) is 0 Å². The molecule has 1 N–H and O–H groups in total. The van der Waals surface area contributed by atoms with Crippen LogP contribution < -0.4 is 10.1 Å². The van der Waals surface area contributed by atoms with Crippen LogP contribution in [-0.4, -0.2) is 42.4 Å². The van der Waals surface area contributed by atoms with Crippen LogP contribution in [0.5, 0.6) is 5.75 Å². The molecular weight excluding hydrogens is 444 g/mol. The zero-order chi connectivity index (χ0) is 25.0. The van der Waals surface area contributed by atoms with Gasteiger partial charge < -0.3 is 19.5 Å². The fourth-order valence-electron chi connectivity index (χ4n) is 4.27. The minimum absolute atomic E-state index is 0.0734. The van der Waals surface area contributed by atoms with E-state index >= 15 is 0 Å². The highest BCUT2D eigenvalue weighted by molar-refractivity contribution is 5.82. The zero-order valence-corrected chi connectivity index (χ0v) is 20.4. The maximum absolute atomic E-state index is 12.9. The molecule has 1 aliphatic carbocycles. The molecule has 7 heteroatoms. The van der Waals surface area contributed by atoms with Gasteiger partial charge in [0, 0.05) is 18.5 Å². The molecule has 182 valence electrons. The Hall–Kier alpha value is -3.87. The molecule has 1 unspecified atom stereocenters. The number of aromatic nitrogens is 1. The molecule has 4 rings (SSSR count). The lowest BCUT2D eigenvalue weighted by Crippen LogP contribution is -2.46. The summed E-state index contributed by atoms with van der Waals surface area (Å²) in [4.78, 5) is 29.9. The van der Waals surface area contributed by atoms with Gasteiger partial charge >= 0.3 is 12.1 Å². The van der Waals surface area contributed by atoms with Crippen LogP contribution >= 0.6 is 0 Å². The topological polar surface area (TPSA) is 86.8 Å². The van der Waals surface area contributed by atoms with Crippen molar-refractivity contribution in [2.75, 3.05) is 13.7 Å². The van der Waals surface area contributed by atoms with Crippen molar-refractivity contribution in [3.63, 3.8) is 0 Å². The highest BCUT2D eigenvalue weighted by Crippen LogP contribution is 2.44. The summed E-state index contributed by atoms with van der Waals surface area (Å²) in [6.07, 6.45) is 2.70. The van der Waals surface area contributed by atoms with Crippen LogP contribution in [0.4, 0.5) is 4.79 Å². The van der Waals surface area contributed by atoms with Crippen molar-refractivity contribution in [1.29, 1.82) is 0 Å². The molecule has 0 fully saturated rings. The number of nitrogens with one attached hydrogen (secondary N) is 1. The third-order valence-corrected chi connectivity index (χ3v) is 5.77. The molecule has 0 saturated carbocycles. The summed E-state index contributed by atoms with van der Waals surface area (Å²) in [5, 5.41) is 2.69. The summed E-state index contributed by atoms with van der Waals surface area (Å²) in [6.45, 7) is 5.49. The van der Waals surface area contributed by atoms with E-state index in [4.69, 9.17) is 14.2 Å². The van der Waals surface area contributed by atoms with E-state index in [0.29, 0.717) is 5.75 Å². The lowest BCUT2D eigenvalue weighted by molar-refractivity contribution is -0.157. The lowest BCUT2D eigenvalue weighted by atomic mass is 9.98. The molecule has 1 amide bonds. The van der Waals surface area contributed by atoms with Crippen molar-refractivity contribution in [3.05, 3.63) is 83.7 Å². The highest BCUT2D eigenvalue weighted by Gasteiger charge is 2.31. The SMILES string of the molecule is COc1cncc(CC(NC(=O)OCC2c3ccccc3-c3ccccc32)C(=O)OC(C)(C)C)c1. The van der Waals surface area contributed by atoms with Crippen molar-refractivity contribution in [3.8, 4) is 16.9 Å². The van der Waals surface area contributed by atoms with E-state index < -0.39 is 23.7 Å². The van der Waals surface area contributed by atoms with Gasteiger partial charge in [-0.25, -0.2) is 9.59 Å². The normalized spacial score (nSPS) is 13.4. The average molecular weight is 475 g/mol. The van der Waals surface area contributed by atoms with Gasteiger partial charge in [-0.2, -0.15) is 0 Å². The Morgan fingerprint density at radius 1 is 1.00 bits per heavy atom. The van der Waals surface area contributed by atoms with Gasteiger partial charge in [-0.3, -0.25) is 4.98 Å². The molecule has 3 aromatic rings. The largest absolute Gasteiger partial charge is 0.495 e. The van der Waals surface area contributed by atoms with Gasteiger partial charge in [-0.1, -0.05) is 48.5 Å². The number of methoxy groups -OCH3 is 1. The first-order valence-corrected chi connectivity index (χ1v) is 11.6. The molecule has 0 saturated heterocycles. The van der Waals surface area contributed by atoms with Crippen LogP contribution in [0.3, 0.4) is 0 Å². The van der Waals surface area contributed by atoms with Crippen LogP contribution in [-0.2, 0) is 20.7 Å². The van der Waals surface area contributed by atoms with Crippen molar-refractivity contribution in [2.45, 2.75) is 44.8 Å². The maximum atomic E-state index is 12.9. The van der Waals surface area contributed by atoms with Gasteiger partial charge in [0.15, 0.2) is 0 Å². The standard InChI is InChI=1S/C28H30N2O5/c1-28(2,3)35-26(31)25(14-18-13-19(33-4)16-29-15-18)30-27(32)34-17-24-22-11-7-5-9-20(22)21-10-6-8-12-23(21)24/h5-13,15-16,24-25H,14,17H2,1-4H3,(H,30,32). The molecular formula is C28H30N2O5. The molecule has 35 heavy (non-hydrogen) atoms. The molecule has 1 atom stereocenters.